The summed E-state index contributed by atoms with van der Waals surface area (Å²) in [5.74, 6) is 1.74. The summed E-state index contributed by atoms with van der Waals surface area (Å²) in [6.07, 6.45) is 9.79. The lowest BCUT2D eigenvalue weighted by atomic mass is 9.88. The molecule has 27 heavy (non-hydrogen) atoms. The van der Waals surface area contributed by atoms with E-state index < -0.39 is 0 Å². The van der Waals surface area contributed by atoms with Crippen LogP contribution in [0.3, 0.4) is 0 Å². The van der Waals surface area contributed by atoms with Gasteiger partial charge < -0.3 is 4.90 Å². The molecule has 1 saturated carbocycles. The number of hydrogen-bond acceptors (Lipinski definition) is 4. The molecular weight excluding hydrogens is 336 g/mol. The first-order chi connectivity index (χ1) is 12.9. The van der Waals surface area contributed by atoms with Crippen LogP contribution in [-0.2, 0) is 10.2 Å². The van der Waals surface area contributed by atoms with E-state index in [-0.39, 0.29) is 17.3 Å². The zero-order valence-corrected chi connectivity index (χ0v) is 16.5. The molecule has 1 atom stereocenters. The Morgan fingerprint density at radius 2 is 1.89 bits per heavy atom. The van der Waals surface area contributed by atoms with E-state index in [1.807, 2.05) is 18.3 Å². The monoisotopic (exact) mass is 364 g/mol. The molecule has 1 aliphatic carbocycles. The number of aromatic nitrogens is 3. The van der Waals surface area contributed by atoms with Gasteiger partial charge in [-0.05, 0) is 43.4 Å². The van der Waals surface area contributed by atoms with Crippen molar-refractivity contribution in [3.05, 3.63) is 42.2 Å². The van der Waals surface area contributed by atoms with Crippen LogP contribution < -0.4 is 0 Å². The van der Waals surface area contributed by atoms with E-state index in [0.717, 1.165) is 61.4 Å². The molecule has 142 valence electrons. The molecule has 1 amide bonds. The summed E-state index contributed by atoms with van der Waals surface area (Å²) < 4.78 is 0. The van der Waals surface area contributed by atoms with Gasteiger partial charge in [-0.25, -0.2) is 9.97 Å². The van der Waals surface area contributed by atoms with E-state index in [4.69, 9.17) is 4.98 Å². The Labute approximate surface area is 161 Å². The van der Waals surface area contributed by atoms with E-state index in [0.29, 0.717) is 5.91 Å². The average Bonchev–Trinajstić information content (AvgIpc) is 3.52. The third-order valence-electron chi connectivity index (χ3n) is 5.53. The van der Waals surface area contributed by atoms with Gasteiger partial charge in [-0.15, -0.1) is 0 Å². The first kappa shape index (κ1) is 18.1. The van der Waals surface area contributed by atoms with Crippen LogP contribution in [0.4, 0.5) is 0 Å². The number of pyridine rings is 1. The van der Waals surface area contributed by atoms with Crippen LogP contribution in [0, 0.1) is 5.92 Å². The molecular formula is C22H28N4O. The van der Waals surface area contributed by atoms with E-state index >= 15 is 0 Å². The zero-order chi connectivity index (χ0) is 19.0. The first-order valence-electron chi connectivity index (χ1n) is 10.00. The Kier molecular flexibility index (Phi) is 4.70. The third-order valence-corrected chi connectivity index (χ3v) is 5.53. The minimum atomic E-state index is -0.107. The normalized spacial score (nSPS) is 20.6. The standard InChI is InChI=1S/C22H28N4O/c1-22(2,3)21-24-13-18(15-8-10-23-11-9-15)19(25-21)17-5-4-12-26(14-17)20(27)16-6-7-16/h8-11,13,16-17H,4-7,12,14H2,1-3H3. The van der Waals surface area contributed by atoms with Gasteiger partial charge in [0.25, 0.3) is 0 Å². The van der Waals surface area contributed by atoms with Crippen molar-refractivity contribution in [2.45, 2.75) is 57.8 Å². The lowest BCUT2D eigenvalue weighted by Crippen LogP contribution is -2.40. The lowest BCUT2D eigenvalue weighted by molar-refractivity contribution is -0.133. The second-order valence-electron chi connectivity index (χ2n) is 8.88. The fourth-order valence-electron chi connectivity index (χ4n) is 3.81. The second kappa shape index (κ2) is 7.02. The van der Waals surface area contributed by atoms with E-state index in [2.05, 4.69) is 35.6 Å². The Morgan fingerprint density at radius 1 is 1.15 bits per heavy atom. The molecule has 2 aliphatic rings. The quantitative estimate of drug-likeness (QED) is 0.827. The number of carbonyl (C=O) groups excluding carboxylic acids is 1. The molecule has 1 aliphatic heterocycles. The Morgan fingerprint density at radius 3 is 2.56 bits per heavy atom. The number of amides is 1. The molecule has 3 heterocycles. The SMILES string of the molecule is CC(C)(C)c1ncc(-c2ccncc2)c(C2CCCN(C(=O)C3CC3)C2)n1. The van der Waals surface area contributed by atoms with Crippen molar-refractivity contribution < 1.29 is 4.79 Å². The second-order valence-corrected chi connectivity index (χ2v) is 8.88. The topological polar surface area (TPSA) is 59.0 Å². The van der Waals surface area contributed by atoms with Crippen LogP contribution >= 0.6 is 0 Å². The van der Waals surface area contributed by atoms with Gasteiger partial charge in [-0.1, -0.05) is 20.8 Å². The van der Waals surface area contributed by atoms with Gasteiger partial charge in [-0.3, -0.25) is 9.78 Å². The number of rotatable bonds is 3. The number of piperidine rings is 1. The highest BCUT2D eigenvalue weighted by atomic mass is 16.2. The summed E-state index contributed by atoms with van der Waals surface area (Å²) in [5.41, 5.74) is 3.13. The lowest BCUT2D eigenvalue weighted by Gasteiger charge is -2.34. The summed E-state index contributed by atoms with van der Waals surface area (Å²) in [6.45, 7) is 8.08. The molecule has 1 saturated heterocycles. The van der Waals surface area contributed by atoms with Gasteiger partial charge in [-0.2, -0.15) is 0 Å². The predicted octanol–water partition coefficient (Wildman–Crippen LogP) is 3.95. The number of likely N-dealkylation sites (tertiary alicyclic amines) is 1. The van der Waals surface area contributed by atoms with Crippen LogP contribution in [0.2, 0.25) is 0 Å². The van der Waals surface area contributed by atoms with Gasteiger partial charge in [0.15, 0.2) is 0 Å². The molecule has 0 bridgehead atoms. The fourth-order valence-corrected chi connectivity index (χ4v) is 3.81. The maximum absolute atomic E-state index is 12.6. The third kappa shape index (κ3) is 3.87. The van der Waals surface area contributed by atoms with Crippen LogP contribution in [0.15, 0.2) is 30.7 Å². The summed E-state index contributed by atoms with van der Waals surface area (Å²) in [4.78, 5) is 28.5. The van der Waals surface area contributed by atoms with Crippen LogP contribution in [-0.4, -0.2) is 38.8 Å². The highest BCUT2D eigenvalue weighted by molar-refractivity contribution is 5.81. The van der Waals surface area contributed by atoms with Gasteiger partial charge >= 0.3 is 0 Å². The number of nitrogens with zero attached hydrogens (tertiary/aromatic N) is 4. The molecule has 1 unspecified atom stereocenters. The largest absolute Gasteiger partial charge is 0.342 e. The van der Waals surface area contributed by atoms with Crippen LogP contribution in [0.5, 0.6) is 0 Å². The molecule has 0 radical (unpaired) electrons. The van der Waals surface area contributed by atoms with E-state index in [9.17, 15) is 4.79 Å². The van der Waals surface area contributed by atoms with Crippen LogP contribution in [0.1, 0.15) is 63.9 Å². The summed E-state index contributed by atoms with van der Waals surface area (Å²) in [6, 6.07) is 4.02. The fraction of sp³-hybridized carbons (Fsp3) is 0.545. The molecule has 2 aromatic rings. The number of carbonyl (C=O) groups is 1. The zero-order valence-electron chi connectivity index (χ0n) is 16.5. The summed E-state index contributed by atoms with van der Waals surface area (Å²) in [7, 11) is 0. The van der Waals surface area contributed by atoms with E-state index in [1.54, 1.807) is 12.4 Å². The van der Waals surface area contributed by atoms with Gasteiger partial charge in [0.05, 0.1) is 5.69 Å². The Hall–Kier alpha value is -2.30. The van der Waals surface area contributed by atoms with Gasteiger partial charge in [0.1, 0.15) is 5.82 Å². The minimum absolute atomic E-state index is 0.107. The van der Waals surface area contributed by atoms with Crippen molar-refractivity contribution in [3.63, 3.8) is 0 Å². The number of hydrogen-bond donors (Lipinski definition) is 0. The molecule has 4 rings (SSSR count). The van der Waals surface area contributed by atoms with Crippen molar-refractivity contribution in [1.82, 2.24) is 19.9 Å². The van der Waals surface area contributed by atoms with Crippen molar-refractivity contribution in [2.24, 2.45) is 5.92 Å². The smallest absolute Gasteiger partial charge is 0.225 e. The van der Waals surface area contributed by atoms with Gasteiger partial charge in [0, 0.05) is 54.5 Å². The highest BCUT2D eigenvalue weighted by Gasteiger charge is 2.36. The molecule has 0 N–H and O–H groups in total. The van der Waals surface area contributed by atoms with Crippen molar-refractivity contribution >= 4 is 5.91 Å². The first-order valence-corrected chi connectivity index (χ1v) is 10.00. The van der Waals surface area contributed by atoms with Crippen molar-refractivity contribution in [3.8, 4) is 11.1 Å². The van der Waals surface area contributed by atoms with Crippen LogP contribution in [0.25, 0.3) is 11.1 Å². The van der Waals surface area contributed by atoms with Crippen molar-refractivity contribution in [2.75, 3.05) is 13.1 Å². The summed E-state index contributed by atoms with van der Waals surface area (Å²) >= 11 is 0. The van der Waals surface area contributed by atoms with E-state index in [1.165, 1.54) is 0 Å². The molecule has 5 nitrogen and oxygen atoms in total. The Balaban J connectivity index is 1.71. The molecule has 2 aromatic heterocycles. The average molecular weight is 364 g/mol. The molecule has 0 spiro atoms. The maximum Gasteiger partial charge on any atom is 0.225 e. The predicted molar refractivity (Wildman–Crippen MR) is 105 cm³/mol. The Bertz CT molecular complexity index is 824. The maximum atomic E-state index is 12.6. The minimum Gasteiger partial charge on any atom is -0.342 e. The van der Waals surface area contributed by atoms with Crippen molar-refractivity contribution in [1.29, 1.82) is 0 Å². The molecule has 0 aromatic carbocycles. The highest BCUT2D eigenvalue weighted by Crippen LogP contribution is 2.37. The molecule has 2 fully saturated rings. The van der Waals surface area contributed by atoms with Gasteiger partial charge in [0.2, 0.25) is 5.91 Å². The summed E-state index contributed by atoms with van der Waals surface area (Å²) in [5, 5.41) is 0. The molecule has 5 heteroatoms.